The predicted octanol–water partition coefficient (Wildman–Crippen LogP) is 0.650. The van der Waals surface area contributed by atoms with Gasteiger partial charge in [-0.2, -0.15) is 0 Å². The number of hydrogen-bond acceptors (Lipinski definition) is 5. The van der Waals surface area contributed by atoms with Gasteiger partial charge in [0.25, 0.3) is 0 Å². The summed E-state index contributed by atoms with van der Waals surface area (Å²) >= 11 is 0. The topological polar surface area (TPSA) is 58.6 Å². The molecule has 0 N–H and O–H groups in total. The average molecular weight is 302 g/mol. The Kier molecular flexibility index (Phi) is 3.70. The molecule has 1 atom stereocenters. The van der Waals surface area contributed by atoms with Crippen LogP contribution in [0, 0.1) is 5.92 Å². The first-order valence-electron chi connectivity index (χ1n) is 8.27. The molecule has 1 amide bonds. The number of ether oxygens (including phenoxy) is 1. The molecule has 1 aromatic rings. The minimum Gasteiger partial charge on any atom is -0.378 e. The zero-order valence-electron chi connectivity index (χ0n) is 12.8. The molecular formula is C16H22N4O2. The van der Waals surface area contributed by atoms with E-state index < -0.39 is 0 Å². The van der Waals surface area contributed by atoms with Crippen LogP contribution in [0.25, 0.3) is 0 Å². The highest BCUT2D eigenvalue weighted by Crippen LogP contribution is 2.31. The van der Waals surface area contributed by atoms with Gasteiger partial charge < -0.3 is 14.5 Å². The normalized spacial score (nSPS) is 24.6. The summed E-state index contributed by atoms with van der Waals surface area (Å²) < 4.78 is 5.33. The number of amides is 1. The standard InChI is InChI=1S/C16H22N4O2/c21-16(19-6-8-22-9-7-19)12-4-5-20(10-12)15-13-2-1-3-14(13)17-11-18-15/h11-12H,1-10H2. The number of aromatic nitrogens is 2. The molecule has 1 aromatic heterocycles. The molecule has 6 nitrogen and oxygen atoms in total. The minimum atomic E-state index is 0.102. The lowest BCUT2D eigenvalue weighted by molar-refractivity contribution is -0.138. The smallest absolute Gasteiger partial charge is 0.227 e. The molecule has 1 aliphatic carbocycles. The van der Waals surface area contributed by atoms with E-state index in [4.69, 9.17) is 4.74 Å². The highest BCUT2D eigenvalue weighted by Gasteiger charge is 2.34. The van der Waals surface area contributed by atoms with Gasteiger partial charge in [-0.25, -0.2) is 9.97 Å². The summed E-state index contributed by atoms with van der Waals surface area (Å²) in [6.45, 7) is 4.52. The van der Waals surface area contributed by atoms with Gasteiger partial charge in [0.1, 0.15) is 12.1 Å². The minimum absolute atomic E-state index is 0.102. The molecule has 3 heterocycles. The highest BCUT2D eigenvalue weighted by molar-refractivity contribution is 5.80. The van der Waals surface area contributed by atoms with Gasteiger partial charge in [0, 0.05) is 37.4 Å². The van der Waals surface area contributed by atoms with Crippen molar-refractivity contribution in [1.29, 1.82) is 0 Å². The van der Waals surface area contributed by atoms with E-state index in [1.165, 1.54) is 17.7 Å². The third kappa shape index (κ3) is 2.45. The van der Waals surface area contributed by atoms with E-state index in [0.29, 0.717) is 13.2 Å². The number of fused-ring (bicyclic) bond motifs is 1. The van der Waals surface area contributed by atoms with Crippen LogP contribution in [0.4, 0.5) is 5.82 Å². The fourth-order valence-corrected chi connectivity index (χ4v) is 3.81. The van der Waals surface area contributed by atoms with Crippen LogP contribution in [-0.4, -0.2) is 60.2 Å². The van der Waals surface area contributed by atoms with Crippen molar-refractivity contribution in [2.75, 3.05) is 44.3 Å². The summed E-state index contributed by atoms with van der Waals surface area (Å²) in [4.78, 5) is 25.8. The third-order valence-electron chi connectivity index (χ3n) is 5.01. The molecule has 6 heteroatoms. The Labute approximate surface area is 130 Å². The lowest BCUT2D eigenvalue weighted by Crippen LogP contribution is -2.44. The van der Waals surface area contributed by atoms with Crippen molar-refractivity contribution in [2.45, 2.75) is 25.7 Å². The zero-order valence-corrected chi connectivity index (χ0v) is 12.8. The molecule has 0 aromatic carbocycles. The Morgan fingerprint density at radius 1 is 1.18 bits per heavy atom. The number of hydrogen-bond donors (Lipinski definition) is 0. The van der Waals surface area contributed by atoms with Gasteiger partial charge in [-0.1, -0.05) is 0 Å². The lowest BCUT2D eigenvalue weighted by Gasteiger charge is -2.29. The van der Waals surface area contributed by atoms with Crippen LogP contribution < -0.4 is 4.90 Å². The number of anilines is 1. The summed E-state index contributed by atoms with van der Waals surface area (Å²) in [7, 11) is 0. The summed E-state index contributed by atoms with van der Waals surface area (Å²) in [6.07, 6.45) is 5.91. The van der Waals surface area contributed by atoms with E-state index in [-0.39, 0.29) is 11.8 Å². The lowest BCUT2D eigenvalue weighted by atomic mass is 10.1. The second kappa shape index (κ2) is 5.83. The second-order valence-electron chi connectivity index (χ2n) is 6.35. The molecule has 0 spiro atoms. The van der Waals surface area contributed by atoms with Crippen molar-refractivity contribution in [3.63, 3.8) is 0 Å². The molecule has 2 aliphatic heterocycles. The zero-order chi connectivity index (χ0) is 14.9. The largest absolute Gasteiger partial charge is 0.378 e. The van der Waals surface area contributed by atoms with Crippen LogP contribution in [0.1, 0.15) is 24.1 Å². The molecule has 22 heavy (non-hydrogen) atoms. The first-order chi connectivity index (χ1) is 10.8. The SMILES string of the molecule is O=C(C1CCN(c2ncnc3c2CCC3)C1)N1CCOCC1. The average Bonchev–Trinajstić information content (AvgIpc) is 3.24. The quantitative estimate of drug-likeness (QED) is 0.803. The molecule has 3 aliphatic rings. The van der Waals surface area contributed by atoms with Gasteiger partial charge in [0.2, 0.25) is 5.91 Å². The van der Waals surface area contributed by atoms with Crippen molar-refractivity contribution in [3.05, 3.63) is 17.6 Å². The second-order valence-corrected chi connectivity index (χ2v) is 6.35. The first-order valence-corrected chi connectivity index (χ1v) is 8.27. The molecule has 0 bridgehead atoms. The van der Waals surface area contributed by atoms with E-state index in [9.17, 15) is 4.79 Å². The number of morpholine rings is 1. The van der Waals surface area contributed by atoms with Gasteiger partial charge >= 0.3 is 0 Å². The molecule has 2 saturated heterocycles. The molecule has 4 rings (SSSR count). The van der Waals surface area contributed by atoms with Gasteiger partial charge in [0.05, 0.1) is 19.1 Å². The van der Waals surface area contributed by atoms with Crippen molar-refractivity contribution < 1.29 is 9.53 Å². The number of aryl methyl sites for hydroxylation is 1. The Morgan fingerprint density at radius 3 is 2.91 bits per heavy atom. The molecule has 1 unspecified atom stereocenters. The van der Waals surface area contributed by atoms with Gasteiger partial charge in [-0.05, 0) is 25.7 Å². The van der Waals surface area contributed by atoms with Crippen LogP contribution in [0.3, 0.4) is 0 Å². The van der Waals surface area contributed by atoms with E-state index in [2.05, 4.69) is 14.9 Å². The fourth-order valence-electron chi connectivity index (χ4n) is 3.81. The Morgan fingerprint density at radius 2 is 2.05 bits per heavy atom. The number of carbonyl (C=O) groups excluding carboxylic acids is 1. The van der Waals surface area contributed by atoms with Gasteiger partial charge in [-0.3, -0.25) is 4.79 Å². The maximum atomic E-state index is 12.6. The Balaban J connectivity index is 1.46. The van der Waals surface area contributed by atoms with Gasteiger partial charge in [0.15, 0.2) is 0 Å². The Hall–Kier alpha value is -1.69. The maximum absolute atomic E-state index is 12.6. The van der Waals surface area contributed by atoms with Crippen LogP contribution in [-0.2, 0) is 22.4 Å². The van der Waals surface area contributed by atoms with Gasteiger partial charge in [-0.15, -0.1) is 0 Å². The monoisotopic (exact) mass is 302 g/mol. The predicted molar refractivity (Wildman–Crippen MR) is 81.8 cm³/mol. The number of carbonyl (C=O) groups is 1. The molecule has 0 radical (unpaired) electrons. The van der Waals surface area contributed by atoms with E-state index in [1.807, 2.05) is 4.90 Å². The van der Waals surface area contributed by atoms with Crippen molar-refractivity contribution in [1.82, 2.24) is 14.9 Å². The summed E-state index contributed by atoms with van der Waals surface area (Å²) in [5.41, 5.74) is 2.51. The Bertz CT molecular complexity index is 571. The van der Waals surface area contributed by atoms with E-state index in [1.54, 1.807) is 6.33 Å². The van der Waals surface area contributed by atoms with Crippen molar-refractivity contribution in [3.8, 4) is 0 Å². The van der Waals surface area contributed by atoms with Crippen LogP contribution in [0.5, 0.6) is 0 Å². The molecular weight excluding hydrogens is 280 g/mol. The fraction of sp³-hybridized carbons (Fsp3) is 0.688. The number of nitrogens with zero attached hydrogens (tertiary/aromatic N) is 4. The third-order valence-corrected chi connectivity index (χ3v) is 5.01. The summed E-state index contributed by atoms with van der Waals surface area (Å²) in [5, 5.41) is 0. The molecule has 2 fully saturated rings. The molecule has 118 valence electrons. The summed E-state index contributed by atoms with van der Waals surface area (Å²) in [5.74, 6) is 1.46. The van der Waals surface area contributed by atoms with E-state index >= 15 is 0 Å². The maximum Gasteiger partial charge on any atom is 0.227 e. The van der Waals surface area contributed by atoms with Crippen LogP contribution >= 0.6 is 0 Å². The first kappa shape index (κ1) is 13.9. The van der Waals surface area contributed by atoms with Crippen LogP contribution in [0.15, 0.2) is 6.33 Å². The van der Waals surface area contributed by atoms with Crippen molar-refractivity contribution >= 4 is 11.7 Å². The van der Waals surface area contributed by atoms with Crippen LogP contribution in [0.2, 0.25) is 0 Å². The highest BCUT2D eigenvalue weighted by atomic mass is 16.5. The van der Waals surface area contributed by atoms with Crippen molar-refractivity contribution in [2.24, 2.45) is 5.92 Å². The molecule has 0 saturated carbocycles. The van der Waals surface area contributed by atoms with E-state index in [0.717, 1.165) is 51.3 Å². The number of rotatable bonds is 2. The summed E-state index contributed by atoms with van der Waals surface area (Å²) in [6, 6.07) is 0.